The number of fused-ring (bicyclic) bond motifs is 1. The van der Waals surface area contributed by atoms with Gasteiger partial charge in [0.1, 0.15) is 5.01 Å². The maximum Gasteiger partial charge on any atom is 0.242 e. The average Bonchev–Trinajstić information content (AvgIpc) is 3.33. The van der Waals surface area contributed by atoms with Crippen molar-refractivity contribution in [3.8, 4) is 0 Å². The molecule has 6 heteroatoms. The fourth-order valence-corrected chi connectivity index (χ4v) is 4.59. The molecule has 0 bridgehead atoms. The number of nitrogens with one attached hydrogen (secondary N) is 1. The Labute approximate surface area is 162 Å². The number of amides is 2. The summed E-state index contributed by atoms with van der Waals surface area (Å²) >= 11 is 1.65. The predicted octanol–water partition coefficient (Wildman–Crippen LogP) is 3.32. The number of rotatable bonds is 5. The lowest BCUT2D eigenvalue weighted by Crippen LogP contribution is -2.40. The first-order valence-corrected chi connectivity index (χ1v) is 9.98. The molecule has 3 aromatic rings. The zero-order chi connectivity index (χ0) is 18.6. The second kappa shape index (κ2) is 7.88. The molecule has 5 nitrogen and oxygen atoms in total. The fraction of sp³-hybridized carbons (Fsp3) is 0.286. The molecule has 1 saturated heterocycles. The van der Waals surface area contributed by atoms with Crippen molar-refractivity contribution < 1.29 is 9.59 Å². The van der Waals surface area contributed by atoms with Gasteiger partial charge < -0.3 is 10.2 Å². The molecule has 0 spiro atoms. The normalized spacial score (nSPS) is 16.6. The van der Waals surface area contributed by atoms with E-state index in [4.69, 9.17) is 4.98 Å². The third-order valence-corrected chi connectivity index (χ3v) is 5.95. The summed E-state index contributed by atoms with van der Waals surface area (Å²) in [5.41, 5.74) is 1.92. The van der Waals surface area contributed by atoms with Gasteiger partial charge in [-0.25, -0.2) is 4.98 Å². The summed E-state index contributed by atoms with van der Waals surface area (Å²) in [6.45, 7) is 0.751. The Bertz CT molecular complexity index is 921. The minimum absolute atomic E-state index is 0.0147. The highest BCUT2D eigenvalue weighted by atomic mass is 32.1. The fourth-order valence-electron chi connectivity index (χ4n) is 3.47. The number of benzene rings is 2. The Morgan fingerprint density at radius 1 is 1.11 bits per heavy atom. The average molecular weight is 379 g/mol. The molecule has 2 amide bonds. The van der Waals surface area contributed by atoms with Crippen molar-refractivity contribution >= 4 is 33.4 Å². The monoisotopic (exact) mass is 379 g/mol. The van der Waals surface area contributed by atoms with Crippen molar-refractivity contribution in [1.82, 2.24) is 15.2 Å². The van der Waals surface area contributed by atoms with E-state index in [2.05, 4.69) is 11.4 Å². The molecule has 1 unspecified atom stereocenters. The molecule has 2 aromatic carbocycles. The third-order valence-electron chi connectivity index (χ3n) is 4.81. The number of likely N-dealkylation sites (tertiary alicyclic amines) is 1. The quantitative estimate of drug-likeness (QED) is 0.740. The molecule has 1 aromatic heterocycles. The van der Waals surface area contributed by atoms with E-state index < -0.39 is 0 Å². The van der Waals surface area contributed by atoms with Crippen molar-refractivity contribution in [3.63, 3.8) is 0 Å². The highest BCUT2D eigenvalue weighted by molar-refractivity contribution is 7.18. The number of carbonyl (C=O) groups is 2. The Morgan fingerprint density at radius 3 is 2.70 bits per heavy atom. The van der Waals surface area contributed by atoms with Gasteiger partial charge in [-0.05, 0) is 30.5 Å². The Balaban J connectivity index is 1.38. The highest BCUT2D eigenvalue weighted by Gasteiger charge is 2.32. The summed E-state index contributed by atoms with van der Waals surface area (Å²) in [5.74, 6) is -0.177. The van der Waals surface area contributed by atoms with Crippen molar-refractivity contribution in [2.45, 2.75) is 25.3 Å². The van der Waals surface area contributed by atoms with Crippen molar-refractivity contribution in [3.05, 3.63) is 65.2 Å². The molecule has 1 aliphatic rings. The molecule has 1 N–H and O–H groups in total. The largest absolute Gasteiger partial charge is 0.347 e. The molecule has 1 fully saturated rings. The molecule has 2 heterocycles. The van der Waals surface area contributed by atoms with Gasteiger partial charge in [0.25, 0.3) is 0 Å². The van der Waals surface area contributed by atoms with Gasteiger partial charge in [0.15, 0.2) is 0 Å². The van der Waals surface area contributed by atoms with Gasteiger partial charge in [0.05, 0.1) is 29.2 Å². The molecule has 1 atom stereocenters. The first-order valence-electron chi connectivity index (χ1n) is 9.16. The topological polar surface area (TPSA) is 62.3 Å². The van der Waals surface area contributed by atoms with E-state index in [0.717, 1.165) is 33.6 Å². The van der Waals surface area contributed by atoms with Gasteiger partial charge in [0.2, 0.25) is 11.8 Å². The number of thiazole rings is 1. The number of aromatic nitrogens is 1. The maximum atomic E-state index is 12.7. The Kier molecular flexibility index (Phi) is 5.16. The van der Waals surface area contributed by atoms with Crippen molar-refractivity contribution in [2.24, 2.45) is 0 Å². The molecule has 4 rings (SSSR count). The van der Waals surface area contributed by atoms with E-state index >= 15 is 0 Å². The minimum atomic E-state index is -0.134. The van der Waals surface area contributed by atoms with E-state index in [1.807, 2.05) is 53.4 Å². The lowest BCUT2D eigenvalue weighted by Gasteiger charge is -2.23. The summed E-state index contributed by atoms with van der Waals surface area (Å²) in [7, 11) is 0. The zero-order valence-corrected chi connectivity index (χ0v) is 15.7. The van der Waals surface area contributed by atoms with E-state index in [0.29, 0.717) is 6.54 Å². The molecule has 0 saturated carbocycles. The summed E-state index contributed by atoms with van der Waals surface area (Å²) < 4.78 is 1.14. The van der Waals surface area contributed by atoms with Crippen LogP contribution in [0.3, 0.4) is 0 Å². The molecular weight excluding hydrogens is 358 g/mol. The summed E-state index contributed by atoms with van der Waals surface area (Å²) in [5, 5.41) is 3.74. The Morgan fingerprint density at radius 2 is 1.89 bits per heavy atom. The second-order valence-electron chi connectivity index (χ2n) is 6.70. The summed E-state index contributed by atoms with van der Waals surface area (Å²) in [4.78, 5) is 31.4. The second-order valence-corrected chi connectivity index (χ2v) is 7.77. The van der Waals surface area contributed by atoms with Crippen LogP contribution in [-0.4, -0.2) is 34.8 Å². The van der Waals surface area contributed by atoms with Gasteiger partial charge in [-0.2, -0.15) is 0 Å². The smallest absolute Gasteiger partial charge is 0.242 e. The lowest BCUT2D eigenvalue weighted by molar-refractivity contribution is -0.133. The molecule has 1 aliphatic heterocycles. The van der Waals surface area contributed by atoms with Gasteiger partial charge in [-0.1, -0.05) is 42.5 Å². The summed E-state index contributed by atoms with van der Waals surface area (Å²) in [6, 6.07) is 17.6. The number of hydrogen-bond donors (Lipinski definition) is 1. The van der Waals surface area contributed by atoms with Gasteiger partial charge in [-0.15, -0.1) is 11.3 Å². The van der Waals surface area contributed by atoms with Crippen LogP contribution in [0.25, 0.3) is 10.2 Å². The van der Waals surface area contributed by atoms with Crippen LogP contribution < -0.4 is 5.32 Å². The van der Waals surface area contributed by atoms with Gasteiger partial charge >= 0.3 is 0 Å². The van der Waals surface area contributed by atoms with Crippen LogP contribution in [0.5, 0.6) is 0 Å². The first kappa shape index (κ1) is 17.7. The maximum absolute atomic E-state index is 12.7. The van der Waals surface area contributed by atoms with Gasteiger partial charge in [-0.3, -0.25) is 9.59 Å². The molecule has 0 radical (unpaired) electrons. The standard InChI is InChI=1S/C21H21N3O2S/c25-19(13-15-7-2-1-3-8-15)22-14-20(26)24-12-6-10-17(24)21-23-16-9-4-5-11-18(16)27-21/h1-5,7-9,11,17H,6,10,12-14H2,(H,22,25). The molecule has 0 aliphatic carbocycles. The predicted molar refractivity (Wildman–Crippen MR) is 106 cm³/mol. The van der Waals surface area contributed by atoms with Crippen LogP contribution in [0, 0.1) is 0 Å². The lowest BCUT2D eigenvalue weighted by atomic mass is 10.1. The van der Waals surface area contributed by atoms with Crippen LogP contribution in [-0.2, 0) is 16.0 Å². The SMILES string of the molecule is O=C(Cc1ccccc1)NCC(=O)N1CCCC1c1nc2ccccc2s1. The zero-order valence-electron chi connectivity index (χ0n) is 14.9. The van der Waals surface area contributed by atoms with Crippen LogP contribution in [0.15, 0.2) is 54.6 Å². The van der Waals surface area contributed by atoms with Crippen LogP contribution in [0.4, 0.5) is 0 Å². The van der Waals surface area contributed by atoms with Crippen LogP contribution in [0.1, 0.15) is 29.5 Å². The van der Waals surface area contributed by atoms with E-state index in [1.54, 1.807) is 11.3 Å². The first-order chi connectivity index (χ1) is 13.2. The number of nitrogens with zero attached hydrogens (tertiary/aromatic N) is 2. The van der Waals surface area contributed by atoms with E-state index in [1.165, 1.54) is 0 Å². The van der Waals surface area contributed by atoms with Crippen molar-refractivity contribution in [1.29, 1.82) is 0 Å². The molecule has 138 valence electrons. The minimum Gasteiger partial charge on any atom is -0.347 e. The molecule has 27 heavy (non-hydrogen) atoms. The summed E-state index contributed by atoms with van der Waals surface area (Å²) in [6.07, 6.45) is 2.17. The van der Waals surface area contributed by atoms with Crippen LogP contribution in [0.2, 0.25) is 0 Å². The van der Waals surface area contributed by atoms with E-state index in [-0.39, 0.29) is 30.8 Å². The van der Waals surface area contributed by atoms with Crippen molar-refractivity contribution in [2.75, 3.05) is 13.1 Å². The van der Waals surface area contributed by atoms with Crippen LogP contribution >= 0.6 is 11.3 Å². The number of hydrogen-bond acceptors (Lipinski definition) is 4. The third kappa shape index (κ3) is 4.01. The Hall–Kier alpha value is -2.73. The van der Waals surface area contributed by atoms with Gasteiger partial charge in [0, 0.05) is 6.54 Å². The number of carbonyl (C=O) groups excluding carboxylic acids is 2. The molecular formula is C21H21N3O2S. The van der Waals surface area contributed by atoms with E-state index in [9.17, 15) is 9.59 Å². The number of para-hydroxylation sites is 1. The highest BCUT2D eigenvalue weighted by Crippen LogP contribution is 2.36.